The van der Waals surface area contributed by atoms with Crippen LogP contribution in [0.25, 0.3) is 0 Å². The number of hydrogen-bond acceptors (Lipinski definition) is 3. The molecule has 0 rings (SSSR count). The van der Waals surface area contributed by atoms with Gasteiger partial charge in [0.2, 0.25) is 0 Å². The highest BCUT2D eigenvalue weighted by molar-refractivity contribution is 5.72. The molecule has 5 nitrogen and oxygen atoms in total. The second-order valence-electron chi connectivity index (χ2n) is 2.25. The Hall–Kier alpha value is -1.10. The van der Waals surface area contributed by atoms with Crippen molar-refractivity contribution in [3.8, 4) is 0 Å². The molecule has 1 unspecified atom stereocenters. The maximum atomic E-state index is 9.96. The van der Waals surface area contributed by atoms with Gasteiger partial charge in [0.25, 0.3) is 5.97 Å². The molecule has 0 aromatic rings. The molecule has 0 aliphatic carbocycles. The fourth-order valence-electron chi connectivity index (χ4n) is 0.434. The fraction of sp³-hybridized carbons (Fsp3) is 0.714. The molecule has 0 aliphatic heterocycles. The summed E-state index contributed by atoms with van der Waals surface area (Å²) in [4.78, 5) is 19.0. The number of carboxylic acids is 2. The average Bonchev–Trinajstić information content (AvgIpc) is 1.86. The van der Waals surface area contributed by atoms with Crippen LogP contribution in [0.2, 0.25) is 0 Å². The van der Waals surface area contributed by atoms with Gasteiger partial charge in [-0.25, -0.2) is 0 Å². The summed E-state index contributed by atoms with van der Waals surface area (Å²) in [5.74, 6) is -1.74. The minimum Gasteiger partial charge on any atom is -0.481 e. The average molecular weight is 177 g/mol. The van der Waals surface area contributed by atoms with E-state index in [4.69, 9.17) is 20.7 Å². The van der Waals surface area contributed by atoms with E-state index in [1.807, 2.05) is 6.92 Å². The van der Waals surface area contributed by atoms with E-state index in [1.54, 1.807) is 0 Å². The van der Waals surface area contributed by atoms with Crippen LogP contribution in [-0.4, -0.2) is 28.2 Å². The van der Waals surface area contributed by atoms with E-state index in [0.717, 1.165) is 13.3 Å². The monoisotopic (exact) mass is 177 g/mol. The Labute approximate surface area is 71.2 Å². The van der Waals surface area contributed by atoms with Crippen molar-refractivity contribution in [2.75, 3.05) is 0 Å². The molecule has 0 aromatic heterocycles. The number of aliphatic carboxylic acids is 2. The highest BCUT2D eigenvalue weighted by Gasteiger charge is 2.07. The third-order valence-electron chi connectivity index (χ3n) is 0.917. The summed E-state index contributed by atoms with van der Waals surface area (Å²) >= 11 is 0. The summed E-state index contributed by atoms with van der Waals surface area (Å²) in [5.41, 5.74) is 5.13. The number of rotatable bonds is 3. The molecule has 0 amide bonds. The Morgan fingerprint density at radius 2 is 1.75 bits per heavy atom. The molecular formula is C7H15NO4. The van der Waals surface area contributed by atoms with E-state index in [9.17, 15) is 4.79 Å². The molecule has 0 aromatic carbocycles. The first-order valence-electron chi connectivity index (χ1n) is 3.59. The molecule has 12 heavy (non-hydrogen) atoms. The van der Waals surface area contributed by atoms with Crippen molar-refractivity contribution >= 4 is 11.9 Å². The lowest BCUT2D eigenvalue weighted by Gasteiger charge is -2.00. The molecule has 72 valence electrons. The van der Waals surface area contributed by atoms with Crippen LogP contribution >= 0.6 is 0 Å². The molecule has 0 saturated heterocycles. The number of nitrogens with two attached hydrogens (primary N) is 1. The Balaban J connectivity index is 0. The first kappa shape index (κ1) is 13.5. The second kappa shape index (κ2) is 8.00. The zero-order valence-corrected chi connectivity index (χ0v) is 7.28. The molecule has 0 bridgehead atoms. The van der Waals surface area contributed by atoms with Crippen molar-refractivity contribution in [2.24, 2.45) is 5.73 Å². The van der Waals surface area contributed by atoms with E-state index in [0.29, 0.717) is 6.42 Å². The van der Waals surface area contributed by atoms with E-state index >= 15 is 0 Å². The Morgan fingerprint density at radius 1 is 1.42 bits per heavy atom. The topological polar surface area (TPSA) is 101 Å². The van der Waals surface area contributed by atoms with Gasteiger partial charge in [-0.2, -0.15) is 0 Å². The highest BCUT2D eigenvalue weighted by atomic mass is 16.4. The molecule has 0 fully saturated rings. The van der Waals surface area contributed by atoms with Crippen LogP contribution in [0.15, 0.2) is 0 Å². The van der Waals surface area contributed by atoms with Crippen LogP contribution in [0.4, 0.5) is 0 Å². The maximum absolute atomic E-state index is 9.96. The van der Waals surface area contributed by atoms with Crippen LogP contribution in [-0.2, 0) is 9.59 Å². The van der Waals surface area contributed by atoms with Crippen LogP contribution < -0.4 is 5.73 Å². The van der Waals surface area contributed by atoms with Gasteiger partial charge in [0.05, 0.1) is 0 Å². The Kier molecular flexibility index (Phi) is 8.99. The first-order chi connectivity index (χ1) is 5.41. The summed E-state index contributed by atoms with van der Waals surface area (Å²) in [7, 11) is 0. The zero-order valence-electron chi connectivity index (χ0n) is 7.28. The third-order valence-corrected chi connectivity index (χ3v) is 0.917. The standard InChI is InChI=1S/C5H11NO2.C2H4O2/c1-2-3-4(6)5(7)8;1-2(3)4/h4H,2-3,6H2,1H3,(H,7,8);1H3,(H,3,4). The quantitative estimate of drug-likeness (QED) is 0.575. The van der Waals surface area contributed by atoms with Gasteiger partial charge in [0.1, 0.15) is 6.04 Å². The van der Waals surface area contributed by atoms with Gasteiger partial charge < -0.3 is 15.9 Å². The summed E-state index contributed by atoms with van der Waals surface area (Å²) in [5, 5.41) is 15.6. The summed E-state index contributed by atoms with van der Waals surface area (Å²) in [6.45, 7) is 2.99. The number of carboxylic acid groups (broad SMARTS) is 2. The predicted octanol–water partition coefficient (Wildman–Crippen LogP) is 0.289. The van der Waals surface area contributed by atoms with Gasteiger partial charge in [-0.05, 0) is 6.42 Å². The van der Waals surface area contributed by atoms with E-state index < -0.39 is 18.0 Å². The van der Waals surface area contributed by atoms with Gasteiger partial charge in [0.15, 0.2) is 0 Å². The second-order valence-corrected chi connectivity index (χ2v) is 2.25. The van der Waals surface area contributed by atoms with Crippen molar-refractivity contribution < 1.29 is 19.8 Å². The van der Waals surface area contributed by atoms with Crippen molar-refractivity contribution in [2.45, 2.75) is 32.7 Å². The summed E-state index contributed by atoms with van der Waals surface area (Å²) in [6, 6.07) is -0.667. The maximum Gasteiger partial charge on any atom is 0.320 e. The van der Waals surface area contributed by atoms with Crippen LogP contribution in [0.3, 0.4) is 0 Å². The van der Waals surface area contributed by atoms with Crippen LogP contribution in [0.1, 0.15) is 26.7 Å². The zero-order chi connectivity index (χ0) is 10.1. The van der Waals surface area contributed by atoms with Gasteiger partial charge in [-0.3, -0.25) is 9.59 Å². The normalized spacial score (nSPS) is 10.9. The van der Waals surface area contributed by atoms with Crippen LogP contribution in [0, 0.1) is 0 Å². The van der Waals surface area contributed by atoms with Crippen LogP contribution in [0.5, 0.6) is 0 Å². The number of hydrogen-bond donors (Lipinski definition) is 3. The Bertz CT molecular complexity index is 142. The van der Waals surface area contributed by atoms with E-state index in [-0.39, 0.29) is 0 Å². The van der Waals surface area contributed by atoms with Crippen molar-refractivity contribution in [1.82, 2.24) is 0 Å². The molecule has 0 spiro atoms. The highest BCUT2D eigenvalue weighted by Crippen LogP contribution is 1.91. The largest absolute Gasteiger partial charge is 0.481 e. The predicted molar refractivity (Wildman–Crippen MR) is 43.8 cm³/mol. The molecule has 0 saturated carbocycles. The van der Waals surface area contributed by atoms with Crippen molar-refractivity contribution in [1.29, 1.82) is 0 Å². The van der Waals surface area contributed by atoms with Gasteiger partial charge in [0, 0.05) is 6.92 Å². The van der Waals surface area contributed by atoms with E-state index in [1.165, 1.54) is 0 Å². The molecule has 5 heteroatoms. The third kappa shape index (κ3) is 16.0. The van der Waals surface area contributed by atoms with Gasteiger partial charge in [-0.15, -0.1) is 0 Å². The molecule has 0 heterocycles. The van der Waals surface area contributed by atoms with Crippen molar-refractivity contribution in [3.05, 3.63) is 0 Å². The molecule has 0 radical (unpaired) electrons. The number of carbonyl (C=O) groups is 2. The lowest BCUT2D eigenvalue weighted by atomic mass is 10.2. The summed E-state index contributed by atoms with van der Waals surface area (Å²) < 4.78 is 0. The fourth-order valence-corrected chi connectivity index (χ4v) is 0.434. The minimum absolute atomic E-state index is 0.565. The minimum atomic E-state index is -0.910. The smallest absolute Gasteiger partial charge is 0.320 e. The molecule has 0 aliphatic rings. The lowest BCUT2D eigenvalue weighted by molar-refractivity contribution is -0.138. The molecule has 1 atom stereocenters. The molecule has 4 N–H and O–H groups in total. The first-order valence-corrected chi connectivity index (χ1v) is 3.59. The Morgan fingerprint density at radius 3 is 1.83 bits per heavy atom. The van der Waals surface area contributed by atoms with Gasteiger partial charge >= 0.3 is 5.97 Å². The van der Waals surface area contributed by atoms with Crippen molar-refractivity contribution in [3.63, 3.8) is 0 Å². The summed E-state index contributed by atoms with van der Waals surface area (Å²) in [6.07, 6.45) is 1.39. The molecular weight excluding hydrogens is 162 g/mol. The van der Waals surface area contributed by atoms with Gasteiger partial charge in [-0.1, -0.05) is 13.3 Å². The lowest BCUT2D eigenvalue weighted by Crippen LogP contribution is -2.29. The SMILES string of the molecule is CC(=O)O.CCCC(N)C(=O)O. The van der Waals surface area contributed by atoms with E-state index in [2.05, 4.69) is 0 Å².